The zero-order valence-corrected chi connectivity index (χ0v) is 13.0. The summed E-state index contributed by atoms with van der Waals surface area (Å²) in [7, 11) is 3.70. The van der Waals surface area contributed by atoms with Crippen molar-refractivity contribution >= 4 is 29.9 Å². The van der Waals surface area contributed by atoms with Crippen LogP contribution in [0, 0.1) is 0 Å². The zero-order chi connectivity index (χ0) is 17.1. The smallest absolute Gasteiger partial charge is 0.323 e. The van der Waals surface area contributed by atoms with Crippen LogP contribution in [0.2, 0.25) is 5.02 Å². The van der Waals surface area contributed by atoms with Gasteiger partial charge >= 0.3 is 5.97 Å². The van der Waals surface area contributed by atoms with Crippen LogP contribution in [0.1, 0.15) is 10.4 Å². The minimum Gasteiger partial charge on any atom is -0.483 e. The van der Waals surface area contributed by atoms with E-state index < -0.39 is 5.97 Å². The predicted octanol–water partition coefficient (Wildman–Crippen LogP) is 0.524. The van der Waals surface area contributed by atoms with Crippen LogP contribution in [0.4, 0.5) is 0 Å². The second-order valence-electron chi connectivity index (χ2n) is 4.42. The Morgan fingerprint density at radius 3 is 2.36 bits per heavy atom. The van der Waals surface area contributed by atoms with Crippen molar-refractivity contribution in [2.75, 3.05) is 33.7 Å². The van der Waals surface area contributed by atoms with E-state index in [-0.39, 0.29) is 24.5 Å². The number of pyridine rings is 1. The van der Waals surface area contributed by atoms with Gasteiger partial charge in [0, 0.05) is 25.5 Å². The highest BCUT2D eigenvalue weighted by Crippen LogP contribution is 2.11. The van der Waals surface area contributed by atoms with E-state index in [1.54, 1.807) is 0 Å². The number of nitrogens with zero attached hydrogens (tertiary/aromatic N) is 3. The number of hydrogen-bond acceptors (Lipinski definition) is 5. The summed E-state index contributed by atoms with van der Waals surface area (Å²) < 4.78 is 0. The van der Waals surface area contributed by atoms with Crippen molar-refractivity contribution in [3.05, 3.63) is 29.0 Å². The number of amides is 1. The Hall–Kier alpha value is -2.19. The van der Waals surface area contributed by atoms with Gasteiger partial charge in [-0.2, -0.15) is 0 Å². The molecule has 0 aliphatic rings. The number of rotatable bonds is 6. The van der Waals surface area contributed by atoms with E-state index in [4.69, 9.17) is 26.6 Å². The van der Waals surface area contributed by atoms with Crippen LogP contribution in [0.3, 0.4) is 0 Å². The molecule has 1 amide bonds. The quantitative estimate of drug-likeness (QED) is 0.731. The zero-order valence-electron chi connectivity index (χ0n) is 12.3. The summed E-state index contributed by atoms with van der Waals surface area (Å²) in [5.41, 5.74) is 0.285. The van der Waals surface area contributed by atoms with E-state index >= 15 is 0 Å². The summed E-state index contributed by atoms with van der Waals surface area (Å²) in [5.74, 6) is -1.44. The molecule has 1 aromatic heterocycles. The molecular formula is C13H18ClN3O5. The van der Waals surface area contributed by atoms with Crippen LogP contribution in [-0.2, 0) is 9.59 Å². The van der Waals surface area contributed by atoms with Crippen molar-refractivity contribution in [3.8, 4) is 0 Å². The Balaban J connectivity index is 0.00000135. The van der Waals surface area contributed by atoms with Crippen LogP contribution in [0.15, 0.2) is 18.5 Å². The number of halogens is 1. The lowest BCUT2D eigenvalue weighted by molar-refractivity contribution is -0.137. The Labute approximate surface area is 132 Å². The molecule has 0 bridgehead atoms. The monoisotopic (exact) mass is 331 g/mol. The molecule has 1 heterocycles. The Kier molecular flexibility index (Phi) is 9.48. The van der Waals surface area contributed by atoms with Crippen molar-refractivity contribution < 1.29 is 24.6 Å². The van der Waals surface area contributed by atoms with E-state index in [2.05, 4.69) is 4.98 Å². The first kappa shape index (κ1) is 19.8. The predicted molar refractivity (Wildman–Crippen MR) is 80.0 cm³/mol. The maximum absolute atomic E-state index is 12.2. The molecule has 0 saturated carbocycles. The minimum atomic E-state index is -1.05. The summed E-state index contributed by atoms with van der Waals surface area (Å²) in [4.78, 5) is 38.3. The minimum absolute atomic E-state index is 0.250. The number of likely N-dealkylation sites (N-methyl/N-ethyl adjacent to an activating group) is 1. The van der Waals surface area contributed by atoms with Gasteiger partial charge in [-0.15, -0.1) is 0 Å². The molecule has 0 aliphatic heterocycles. The third-order valence-corrected chi connectivity index (χ3v) is 2.59. The van der Waals surface area contributed by atoms with Crippen LogP contribution in [0.25, 0.3) is 0 Å². The fourth-order valence-electron chi connectivity index (χ4n) is 1.45. The normalized spacial score (nSPS) is 9.64. The van der Waals surface area contributed by atoms with Crippen LogP contribution < -0.4 is 0 Å². The van der Waals surface area contributed by atoms with Crippen LogP contribution in [0.5, 0.6) is 0 Å². The van der Waals surface area contributed by atoms with Crippen molar-refractivity contribution in [2.24, 2.45) is 0 Å². The maximum atomic E-state index is 12.2. The highest BCUT2D eigenvalue weighted by Gasteiger charge is 2.19. The number of aliphatic carboxylic acids is 1. The molecule has 1 rings (SSSR count). The van der Waals surface area contributed by atoms with Gasteiger partial charge in [-0.3, -0.25) is 19.4 Å². The molecule has 0 fully saturated rings. The van der Waals surface area contributed by atoms with Gasteiger partial charge in [0.1, 0.15) is 6.54 Å². The van der Waals surface area contributed by atoms with E-state index in [9.17, 15) is 9.59 Å². The molecule has 122 valence electrons. The summed E-state index contributed by atoms with van der Waals surface area (Å²) in [6.07, 6.45) is 2.79. The Bertz CT molecular complexity index is 510. The van der Waals surface area contributed by atoms with Gasteiger partial charge in [0.25, 0.3) is 12.4 Å². The molecule has 2 N–H and O–H groups in total. The average molecular weight is 332 g/mol. The maximum Gasteiger partial charge on any atom is 0.323 e. The van der Waals surface area contributed by atoms with Gasteiger partial charge in [0.15, 0.2) is 0 Å². The fraction of sp³-hybridized carbons (Fsp3) is 0.385. The topological polar surface area (TPSA) is 111 Å². The van der Waals surface area contributed by atoms with Gasteiger partial charge in [-0.1, -0.05) is 11.6 Å². The molecule has 8 nitrogen and oxygen atoms in total. The number of carboxylic acid groups (broad SMARTS) is 2. The number of carboxylic acids is 1. The third kappa shape index (κ3) is 8.18. The number of carbonyl (C=O) groups is 3. The van der Waals surface area contributed by atoms with Crippen molar-refractivity contribution in [1.29, 1.82) is 0 Å². The van der Waals surface area contributed by atoms with Crippen molar-refractivity contribution in [2.45, 2.75) is 0 Å². The van der Waals surface area contributed by atoms with Gasteiger partial charge in [0.05, 0.1) is 10.6 Å². The highest BCUT2D eigenvalue weighted by molar-refractivity contribution is 6.30. The Morgan fingerprint density at radius 2 is 1.91 bits per heavy atom. The molecule has 9 heteroatoms. The van der Waals surface area contributed by atoms with E-state index in [1.807, 2.05) is 19.0 Å². The molecule has 0 saturated heterocycles. The molecular weight excluding hydrogens is 314 g/mol. The van der Waals surface area contributed by atoms with Crippen molar-refractivity contribution in [3.63, 3.8) is 0 Å². The average Bonchev–Trinajstić information content (AvgIpc) is 2.43. The molecule has 0 radical (unpaired) electrons. The lowest BCUT2D eigenvalue weighted by atomic mass is 10.2. The molecule has 0 aromatic carbocycles. The summed E-state index contributed by atoms with van der Waals surface area (Å²) >= 11 is 5.77. The van der Waals surface area contributed by atoms with E-state index in [0.717, 1.165) is 0 Å². The largest absolute Gasteiger partial charge is 0.483 e. The van der Waals surface area contributed by atoms with E-state index in [0.29, 0.717) is 18.1 Å². The molecule has 0 atom stereocenters. The summed E-state index contributed by atoms with van der Waals surface area (Å²) in [6, 6.07) is 1.47. The van der Waals surface area contributed by atoms with Gasteiger partial charge < -0.3 is 20.0 Å². The molecule has 22 heavy (non-hydrogen) atoms. The standard InChI is InChI=1S/C12H16ClN3O3.CH2O2/c1-15(2)3-4-16(8-11(17)18)12(19)9-5-10(13)7-14-6-9;2-1-3/h5-7H,3-4,8H2,1-2H3,(H,17,18);1H,(H,2,3). The summed E-state index contributed by atoms with van der Waals surface area (Å²) in [6.45, 7) is 0.302. The lowest BCUT2D eigenvalue weighted by Crippen LogP contribution is -2.40. The molecule has 0 aliphatic carbocycles. The second kappa shape index (κ2) is 10.5. The lowest BCUT2D eigenvalue weighted by Gasteiger charge is -2.22. The molecule has 1 aromatic rings. The molecule has 0 spiro atoms. The van der Waals surface area contributed by atoms with Gasteiger partial charge in [-0.25, -0.2) is 0 Å². The first-order chi connectivity index (χ1) is 10.3. The highest BCUT2D eigenvalue weighted by atomic mass is 35.5. The summed E-state index contributed by atoms with van der Waals surface area (Å²) in [5, 5.41) is 16.1. The number of hydrogen-bond donors (Lipinski definition) is 2. The number of aromatic nitrogens is 1. The van der Waals surface area contributed by atoms with E-state index in [1.165, 1.54) is 23.4 Å². The second-order valence-corrected chi connectivity index (χ2v) is 4.86. The first-order valence-corrected chi connectivity index (χ1v) is 6.53. The van der Waals surface area contributed by atoms with Crippen molar-refractivity contribution in [1.82, 2.24) is 14.8 Å². The SMILES string of the molecule is CN(C)CCN(CC(=O)O)C(=O)c1cncc(Cl)c1.O=CO. The first-order valence-electron chi connectivity index (χ1n) is 6.16. The van der Waals surface area contributed by atoms with Gasteiger partial charge in [0.2, 0.25) is 0 Å². The fourth-order valence-corrected chi connectivity index (χ4v) is 1.62. The van der Waals surface area contributed by atoms with Gasteiger partial charge in [-0.05, 0) is 20.2 Å². The molecule has 0 unspecified atom stereocenters. The van der Waals surface area contributed by atoms with Crippen LogP contribution >= 0.6 is 11.6 Å². The Morgan fingerprint density at radius 1 is 1.32 bits per heavy atom. The number of carbonyl (C=O) groups excluding carboxylic acids is 1. The van der Waals surface area contributed by atoms with Crippen LogP contribution in [-0.4, -0.2) is 77.1 Å². The third-order valence-electron chi connectivity index (χ3n) is 2.38.